The molecule has 0 aromatic heterocycles. The number of aliphatic hydroxyl groups excluding tert-OH is 1. The molecule has 2 aliphatic heterocycles. The summed E-state index contributed by atoms with van der Waals surface area (Å²) >= 11 is 0. The minimum Gasteiger partial charge on any atom is -0.441 e. The summed E-state index contributed by atoms with van der Waals surface area (Å²) in [5, 5.41) is 9.20. The van der Waals surface area contributed by atoms with Crippen LogP contribution in [0.15, 0.2) is 36.2 Å². The molecule has 3 fully saturated rings. The molecule has 5 heteroatoms. The molecule has 3 atom stereocenters. The fourth-order valence-corrected chi connectivity index (χ4v) is 4.49. The molecule has 5 nitrogen and oxygen atoms in total. The molecule has 0 radical (unpaired) electrons. The molecule has 1 aliphatic carbocycles. The third kappa shape index (κ3) is 5.63. The van der Waals surface area contributed by atoms with E-state index in [0.29, 0.717) is 6.54 Å². The van der Waals surface area contributed by atoms with Crippen LogP contribution in [0.5, 0.6) is 0 Å². The van der Waals surface area contributed by atoms with Gasteiger partial charge in [0.05, 0.1) is 13.2 Å². The number of likely N-dealkylation sites (tertiary alicyclic amines) is 1. The second-order valence-electron chi connectivity index (χ2n) is 7.73. The largest absolute Gasteiger partial charge is 0.441 e. The van der Waals surface area contributed by atoms with Crippen molar-refractivity contribution in [3.63, 3.8) is 0 Å². The number of carbonyl (C=O) groups is 1. The van der Waals surface area contributed by atoms with Crippen molar-refractivity contribution in [2.45, 2.75) is 65.4 Å². The number of carbonyl (C=O) groups excluding carboxylic acids is 1. The molecule has 0 aromatic carbocycles. The van der Waals surface area contributed by atoms with Crippen molar-refractivity contribution in [3.05, 3.63) is 36.2 Å². The van der Waals surface area contributed by atoms with Crippen LogP contribution in [0.4, 0.5) is 4.79 Å². The highest BCUT2D eigenvalue weighted by molar-refractivity contribution is 5.73. The van der Waals surface area contributed by atoms with Crippen molar-refractivity contribution < 1.29 is 14.6 Å². The van der Waals surface area contributed by atoms with E-state index in [-0.39, 0.29) is 6.61 Å². The highest BCUT2D eigenvalue weighted by atomic mass is 16.6. The lowest BCUT2D eigenvalue weighted by Gasteiger charge is -2.39. The Balaban J connectivity index is 0.00000136. The van der Waals surface area contributed by atoms with Crippen LogP contribution in [0, 0.1) is 11.8 Å². The van der Waals surface area contributed by atoms with Gasteiger partial charge in [-0.2, -0.15) is 0 Å². The predicted molar refractivity (Wildman–Crippen MR) is 114 cm³/mol. The van der Waals surface area contributed by atoms with Crippen molar-refractivity contribution in [2.75, 3.05) is 26.2 Å². The van der Waals surface area contributed by atoms with Gasteiger partial charge in [-0.1, -0.05) is 52.2 Å². The van der Waals surface area contributed by atoms with E-state index in [1.54, 1.807) is 4.90 Å². The molecule has 1 N–H and O–H groups in total. The van der Waals surface area contributed by atoms with Gasteiger partial charge in [-0.15, -0.1) is 0 Å². The molecule has 0 bridgehead atoms. The Labute approximate surface area is 170 Å². The van der Waals surface area contributed by atoms with Crippen molar-refractivity contribution in [1.82, 2.24) is 9.80 Å². The first kappa shape index (κ1) is 22.5. The summed E-state index contributed by atoms with van der Waals surface area (Å²) in [6, 6.07) is 0. The zero-order chi connectivity index (χ0) is 20.5. The summed E-state index contributed by atoms with van der Waals surface area (Å²) < 4.78 is 5.13. The van der Waals surface area contributed by atoms with Gasteiger partial charge in [0.15, 0.2) is 0 Å². The lowest BCUT2D eigenvalue weighted by molar-refractivity contribution is 0.0952. The number of aliphatic hydroxyl groups is 1. The summed E-state index contributed by atoms with van der Waals surface area (Å²) in [4.78, 5) is 15.9. The molecule has 0 aromatic rings. The van der Waals surface area contributed by atoms with Crippen LogP contribution in [0.1, 0.15) is 59.3 Å². The second-order valence-corrected chi connectivity index (χ2v) is 7.73. The number of hydrogen-bond acceptors (Lipinski definition) is 4. The van der Waals surface area contributed by atoms with Crippen molar-refractivity contribution in [3.8, 4) is 0 Å². The molecule has 28 heavy (non-hydrogen) atoms. The number of fused-ring (bicyclic) bond motifs is 1. The molecule has 1 amide bonds. The third-order valence-electron chi connectivity index (χ3n) is 6.08. The molecule has 3 aliphatic rings. The number of rotatable bonds is 5. The number of ether oxygens (including phenoxy) is 1. The SMILES string of the molecule is C=C(/C=C\C(=C/C)N1CC(CO)OC1=O)N1CCC2CCCCCC2C1.CC. The fraction of sp³-hybridized carbons (Fsp3) is 0.696. The number of hydrogen-bond donors (Lipinski definition) is 1. The average Bonchev–Trinajstić information content (AvgIpc) is 2.95. The maximum Gasteiger partial charge on any atom is 0.414 e. The summed E-state index contributed by atoms with van der Waals surface area (Å²) in [5.41, 5.74) is 1.80. The van der Waals surface area contributed by atoms with E-state index in [4.69, 9.17) is 4.74 Å². The normalized spacial score (nSPS) is 28.4. The standard InChI is InChI=1S/C21H32N2O3.C2H6/c1-3-19(23-14-20(15-24)26-21(23)25)10-9-16(2)22-12-11-17-7-5-4-6-8-18(17)13-22;1-2/h3,9-10,17-18,20,24H,2,4-8,11-15H2,1H3;1-2H3/b10-9-,19-3+;. The van der Waals surface area contributed by atoms with Crippen LogP contribution in [0.25, 0.3) is 0 Å². The van der Waals surface area contributed by atoms with Gasteiger partial charge in [0.25, 0.3) is 0 Å². The zero-order valence-corrected chi connectivity index (χ0v) is 17.9. The van der Waals surface area contributed by atoms with E-state index in [1.807, 2.05) is 39.0 Å². The van der Waals surface area contributed by atoms with Crippen molar-refractivity contribution >= 4 is 6.09 Å². The monoisotopic (exact) mass is 390 g/mol. The summed E-state index contributed by atoms with van der Waals surface area (Å²) in [7, 11) is 0. The van der Waals surface area contributed by atoms with Gasteiger partial charge in [-0.05, 0) is 43.8 Å². The van der Waals surface area contributed by atoms with E-state index in [2.05, 4.69) is 11.5 Å². The number of cyclic esters (lactones) is 1. The van der Waals surface area contributed by atoms with Gasteiger partial charge >= 0.3 is 6.09 Å². The number of allylic oxidation sites excluding steroid dienone is 3. The third-order valence-corrected chi connectivity index (χ3v) is 6.08. The van der Waals surface area contributed by atoms with E-state index in [0.717, 1.165) is 36.3 Å². The highest BCUT2D eigenvalue weighted by Crippen LogP contribution is 2.36. The number of nitrogens with zero attached hydrogens (tertiary/aromatic N) is 2. The Kier molecular flexibility index (Phi) is 9.10. The topological polar surface area (TPSA) is 53.0 Å². The Bertz CT molecular complexity index is 584. The van der Waals surface area contributed by atoms with E-state index < -0.39 is 12.2 Å². The molecular formula is C23H38N2O3. The highest BCUT2D eigenvalue weighted by Gasteiger charge is 2.32. The van der Waals surface area contributed by atoms with Gasteiger partial charge in [0.2, 0.25) is 0 Å². The summed E-state index contributed by atoms with van der Waals surface area (Å²) in [6.45, 7) is 12.6. The zero-order valence-electron chi connectivity index (χ0n) is 17.9. The van der Waals surface area contributed by atoms with Crippen LogP contribution in [-0.4, -0.2) is 53.3 Å². The van der Waals surface area contributed by atoms with Gasteiger partial charge in [-0.3, -0.25) is 4.90 Å². The van der Waals surface area contributed by atoms with Crippen LogP contribution >= 0.6 is 0 Å². The second kappa shape index (κ2) is 11.3. The van der Waals surface area contributed by atoms with Crippen LogP contribution < -0.4 is 0 Å². The summed E-state index contributed by atoms with van der Waals surface area (Å²) in [5.74, 6) is 1.70. The van der Waals surface area contributed by atoms with E-state index in [9.17, 15) is 9.90 Å². The van der Waals surface area contributed by atoms with Gasteiger partial charge in [0.1, 0.15) is 6.10 Å². The molecular weight excluding hydrogens is 352 g/mol. The molecule has 158 valence electrons. The van der Waals surface area contributed by atoms with Crippen LogP contribution in [0.3, 0.4) is 0 Å². The molecule has 3 rings (SSSR count). The minimum absolute atomic E-state index is 0.147. The van der Waals surface area contributed by atoms with Crippen molar-refractivity contribution in [1.29, 1.82) is 0 Å². The van der Waals surface area contributed by atoms with Gasteiger partial charge < -0.3 is 14.7 Å². The van der Waals surface area contributed by atoms with Crippen LogP contribution in [-0.2, 0) is 4.74 Å². The van der Waals surface area contributed by atoms with Gasteiger partial charge in [0, 0.05) is 24.5 Å². The molecule has 2 saturated heterocycles. The minimum atomic E-state index is -0.441. The average molecular weight is 391 g/mol. The predicted octanol–water partition coefficient (Wildman–Crippen LogP) is 4.70. The first-order chi connectivity index (χ1) is 13.6. The smallest absolute Gasteiger partial charge is 0.414 e. The first-order valence-corrected chi connectivity index (χ1v) is 11.0. The Morgan fingerprint density at radius 2 is 1.86 bits per heavy atom. The van der Waals surface area contributed by atoms with E-state index in [1.165, 1.54) is 38.5 Å². The molecule has 0 spiro atoms. The fourth-order valence-electron chi connectivity index (χ4n) is 4.49. The first-order valence-electron chi connectivity index (χ1n) is 11.0. The van der Waals surface area contributed by atoms with Crippen molar-refractivity contribution in [2.24, 2.45) is 11.8 Å². The number of piperidine rings is 1. The Hall–Kier alpha value is -1.75. The molecule has 2 heterocycles. The molecule has 3 unspecified atom stereocenters. The Morgan fingerprint density at radius 3 is 2.50 bits per heavy atom. The van der Waals surface area contributed by atoms with Gasteiger partial charge in [-0.25, -0.2) is 4.79 Å². The van der Waals surface area contributed by atoms with E-state index >= 15 is 0 Å². The maximum atomic E-state index is 12.0. The summed E-state index contributed by atoms with van der Waals surface area (Å²) in [6.07, 6.45) is 13.2. The Morgan fingerprint density at radius 1 is 1.14 bits per heavy atom. The number of amides is 1. The lowest BCUT2D eigenvalue weighted by atomic mass is 9.82. The molecule has 1 saturated carbocycles. The maximum absolute atomic E-state index is 12.0. The quantitative estimate of drug-likeness (QED) is 0.691. The van der Waals surface area contributed by atoms with Crippen LogP contribution in [0.2, 0.25) is 0 Å². The lowest BCUT2D eigenvalue weighted by Crippen LogP contribution is -2.39.